The van der Waals surface area contributed by atoms with Gasteiger partial charge in [0.1, 0.15) is 0 Å². The Hall–Kier alpha value is -0.0800. The molecule has 0 saturated heterocycles. The van der Waals surface area contributed by atoms with Crippen molar-refractivity contribution in [3.05, 3.63) is 0 Å². The molecule has 0 aromatic carbocycles. The third-order valence-electron chi connectivity index (χ3n) is 4.80. The Morgan fingerprint density at radius 2 is 2.07 bits per heavy atom. The maximum atomic E-state index is 5.80. The van der Waals surface area contributed by atoms with Crippen molar-refractivity contribution < 1.29 is 0 Å². The second-order valence-corrected chi connectivity index (χ2v) is 5.93. The largest absolute Gasteiger partial charge is 0.330 e. The van der Waals surface area contributed by atoms with Crippen LogP contribution in [0.15, 0.2) is 0 Å². The van der Waals surface area contributed by atoms with Gasteiger partial charge in [0, 0.05) is 12.6 Å². The normalized spacial score (nSPS) is 33.6. The summed E-state index contributed by atoms with van der Waals surface area (Å²) in [4.78, 5) is 0. The van der Waals surface area contributed by atoms with Crippen molar-refractivity contribution >= 4 is 0 Å². The smallest absolute Gasteiger partial charge is 0.0108 e. The van der Waals surface area contributed by atoms with Crippen molar-refractivity contribution in [2.75, 3.05) is 13.1 Å². The van der Waals surface area contributed by atoms with Gasteiger partial charge in [0.2, 0.25) is 0 Å². The first-order valence-corrected chi connectivity index (χ1v) is 6.61. The predicted octanol–water partition coefficient (Wildman–Crippen LogP) is 2.14. The highest BCUT2D eigenvalue weighted by Crippen LogP contribution is 2.51. The molecule has 0 bridgehead atoms. The fraction of sp³-hybridized carbons (Fsp3) is 1.00. The number of nitrogens with two attached hydrogens (primary N) is 1. The van der Waals surface area contributed by atoms with E-state index in [1.54, 1.807) is 0 Å². The van der Waals surface area contributed by atoms with Gasteiger partial charge in [0.25, 0.3) is 0 Å². The molecular weight excluding hydrogens is 184 g/mol. The minimum atomic E-state index is 0.641. The van der Waals surface area contributed by atoms with Crippen LogP contribution in [0.2, 0.25) is 0 Å². The second-order valence-electron chi connectivity index (χ2n) is 5.93. The molecule has 88 valence electrons. The van der Waals surface area contributed by atoms with Gasteiger partial charge in [0.15, 0.2) is 0 Å². The summed E-state index contributed by atoms with van der Waals surface area (Å²) in [7, 11) is 0. The number of hydrogen-bond donors (Lipinski definition) is 2. The Morgan fingerprint density at radius 1 is 1.33 bits per heavy atom. The first-order chi connectivity index (χ1) is 7.18. The van der Waals surface area contributed by atoms with E-state index >= 15 is 0 Å². The zero-order chi connectivity index (χ0) is 10.9. The Labute approximate surface area is 94.0 Å². The van der Waals surface area contributed by atoms with Crippen LogP contribution in [0.4, 0.5) is 0 Å². The summed E-state index contributed by atoms with van der Waals surface area (Å²) in [5.74, 6) is 1.58. The molecule has 2 aliphatic carbocycles. The third-order valence-corrected chi connectivity index (χ3v) is 4.80. The second kappa shape index (κ2) is 4.42. The molecule has 2 unspecified atom stereocenters. The molecule has 15 heavy (non-hydrogen) atoms. The van der Waals surface area contributed by atoms with Crippen molar-refractivity contribution in [1.82, 2.24) is 5.32 Å². The lowest BCUT2D eigenvalue weighted by atomic mass is 9.91. The van der Waals surface area contributed by atoms with Crippen LogP contribution in [-0.2, 0) is 0 Å². The van der Waals surface area contributed by atoms with Gasteiger partial charge in [-0.2, -0.15) is 0 Å². The van der Waals surface area contributed by atoms with E-state index in [9.17, 15) is 0 Å². The summed E-state index contributed by atoms with van der Waals surface area (Å²) < 4.78 is 0. The number of nitrogens with one attached hydrogen (secondary N) is 1. The van der Waals surface area contributed by atoms with Crippen molar-refractivity contribution in [2.45, 2.75) is 52.0 Å². The highest BCUT2D eigenvalue weighted by atomic mass is 15.0. The molecule has 2 heteroatoms. The predicted molar refractivity (Wildman–Crippen MR) is 64.7 cm³/mol. The molecular formula is C13H26N2. The Kier molecular flexibility index (Phi) is 3.36. The van der Waals surface area contributed by atoms with Crippen molar-refractivity contribution in [3.8, 4) is 0 Å². The van der Waals surface area contributed by atoms with Crippen LogP contribution in [0.5, 0.6) is 0 Å². The lowest BCUT2D eigenvalue weighted by Crippen LogP contribution is -2.40. The highest BCUT2D eigenvalue weighted by Gasteiger charge is 2.45. The average molecular weight is 210 g/mol. The van der Waals surface area contributed by atoms with Gasteiger partial charge in [0.05, 0.1) is 0 Å². The molecule has 0 aromatic heterocycles. The van der Waals surface area contributed by atoms with E-state index in [-0.39, 0.29) is 0 Å². The fourth-order valence-electron chi connectivity index (χ4n) is 3.04. The van der Waals surface area contributed by atoms with Crippen LogP contribution < -0.4 is 11.1 Å². The molecule has 2 aliphatic rings. The number of hydrogen-bond acceptors (Lipinski definition) is 2. The molecule has 2 atom stereocenters. The standard InChI is InChI=1S/C13H26N2/c1-10(2)13(6-7-13)9-15-12-5-3-4-11(12)8-14/h10-12,15H,3-9,14H2,1-2H3. The minimum Gasteiger partial charge on any atom is -0.330 e. The highest BCUT2D eigenvalue weighted by molar-refractivity contribution is 4.98. The minimum absolute atomic E-state index is 0.641. The van der Waals surface area contributed by atoms with Crippen molar-refractivity contribution in [1.29, 1.82) is 0 Å². The van der Waals surface area contributed by atoms with E-state index in [0.717, 1.165) is 18.4 Å². The van der Waals surface area contributed by atoms with Gasteiger partial charge in [-0.15, -0.1) is 0 Å². The maximum absolute atomic E-state index is 5.80. The third kappa shape index (κ3) is 2.36. The Morgan fingerprint density at radius 3 is 2.60 bits per heavy atom. The zero-order valence-electron chi connectivity index (χ0n) is 10.3. The summed E-state index contributed by atoms with van der Waals surface area (Å²) in [6, 6.07) is 0.714. The maximum Gasteiger partial charge on any atom is 0.0108 e. The Balaban J connectivity index is 1.78. The summed E-state index contributed by atoms with van der Waals surface area (Å²) in [5.41, 5.74) is 6.44. The van der Waals surface area contributed by atoms with Crippen LogP contribution >= 0.6 is 0 Å². The number of rotatable bonds is 5. The summed E-state index contributed by atoms with van der Waals surface area (Å²) >= 11 is 0. The first kappa shape index (κ1) is 11.4. The van der Waals surface area contributed by atoms with Gasteiger partial charge >= 0.3 is 0 Å². The monoisotopic (exact) mass is 210 g/mol. The van der Waals surface area contributed by atoms with Gasteiger partial charge in [-0.25, -0.2) is 0 Å². The van der Waals surface area contributed by atoms with Crippen molar-refractivity contribution in [2.24, 2.45) is 23.0 Å². The molecule has 0 aliphatic heterocycles. The van der Waals surface area contributed by atoms with Gasteiger partial charge in [-0.05, 0) is 49.5 Å². The van der Waals surface area contributed by atoms with E-state index in [4.69, 9.17) is 5.73 Å². The topological polar surface area (TPSA) is 38.0 Å². The van der Waals surface area contributed by atoms with Crippen LogP contribution in [0, 0.1) is 17.3 Å². The van der Waals surface area contributed by atoms with Gasteiger partial charge in [-0.3, -0.25) is 0 Å². The molecule has 2 nitrogen and oxygen atoms in total. The average Bonchev–Trinajstić information content (AvgIpc) is 2.88. The fourth-order valence-corrected chi connectivity index (χ4v) is 3.04. The molecule has 0 heterocycles. The molecule has 0 spiro atoms. The molecule has 3 N–H and O–H groups in total. The molecule has 2 rings (SSSR count). The molecule has 2 saturated carbocycles. The lowest BCUT2D eigenvalue weighted by Gasteiger charge is -2.25. The van der Waals surface area contributed by atoms with Crippen LogP contribution in [0.25, 0.3) is 0 Å². The summed E-state index contributed by atoms with van der Waals surface area (Å²) in [6.07, 6.45) is 6.91. The summed E-state index contributed by atoms with van der Waals surface area (Å²) in [5, 5.41) is 3.79. The van der Waals surface area contributed by atoms with Gasteiger partial charge in [-0.1, -0.05) is 20.3 Å². The van der Waals surface area contributed by atoms with Gasteiger partial charge < -0.3 is 11.1 Å². The van der Waals surface area contributed by atoms with E-state index < -0.39 is 0 Å². The van der Waals surface area contributed by atoms with Crippen LogP contribution in [0.3, 0.4) is 0 Å². The quantitative estimate of drug-likeness (QED) is 0.729. The SMILES string of the molecule is CC(C)C1(CNC2CCCC2CN)CC1. The Bertz CT molecular complexity index is 209. The van der Waals surface area contributed by atoms with E-state index in [1.165, 1.54) is 38.6 Å². The van der Waals surface area contributed by atoms with E-state index in [2.05, 4.69) is 19.2 Å². The molecule has 0 radical (unpaired) electrons. The molecule has 0 aromatic rings. The van der Waals surface area contributed by atoms with Crippen LogP contribution in [0.1, 0.15) is 46.0 Å². The zero-order valence-corrected chi connectivity index (χ0v) is 10.3. The van der Waals surface area contributed by atoms with Crippen molar-refractivity contribution in [3.63, 3.8) is 0 Å². The molecule has 2 fully saturated rings. The molecule has 0 amide bonds. The first-order valence-electron chi connectivity index (χ1n) is 6.61. The lowest BCUT2D eigenvalue weighted by molar-refractivity contribution is 0.299. The summed E-state index contributed by atoms with van der Waals surface area (Å²) in [6.45, 7) is 6.83. The van der Waals surface area contributed by atoms with Crippen LogP contribution in [-0.4, -0.2) is 19.1 Å². The van der Waals surface area contributed by atoms with E-state index in [1.807, 2.05) is 0 Å². The van der Waals surface area contributed by atoms with E-state index in [0.29, 0.717) is 11.5 Å².